The van der Waals surface area contributed by atoms with E-state index in [1.165, 1.54) is 6.33 Å². The second-order valence-electron chi connectivity index (χ2n) is 11.2. The van der Waals surface area contributed by atoms with Gasteiger partial charge in [0.25, 0.3) is 0 Å². The van der Waals surface area contributed by atoms with Gasteiger partial charge in [-0.05, 0) is 32.9 Å². The molecule has 0 N–H and O–H groups in total. The van der Waals surface area contributed by atoms with Crippen LogP contribution in [-0.2, 0) is 16.2 Å². The first-order valence-electron chi connectivity index (χ1n) is 12.2. The molecule has 0 aliphatic carbocycles. The quantitative estimate of drug-likeness (QED) is 0.216. The van der Waals surface area contributed by atoms with Gasteiger partial charge in [-0.1, -0.05) is 42.6 Å². The van der Waals surface area contributed by atoms with Crippen LogP contribution in [0.2, 0.25) is 30.8 Å². The molecule has 4 heterocycles. The van der Waals surface area contributed by atoms with Crippen molar-refractivity contribution in [3.05, 3.63) is 23.7 Å². The van der Waals surface area contributed by atoms with E-state index in [1.807, 2.05) is 37.6 Å². The molecule has 1 aliphatic rings. The molecule has 12 heteroatoms. The third-order valence-corrected chi connectivity index (χ3v) is 8.90. The first-order chi connectivity index (χ1) is 16.9. The molecule has 1 amide bonds. The lowest BCUT2D eigenvalue weighted by molar-refractivity contribution is 0.0241. The van der Waals surface area contributed by atoms with Crippen LogP contribution < -0.4 is 4.90 Å². The van der Waals surface area contributed by atoms with E-state index in [2.05, 4.69) is 34.5 Å². The highest BCUT2D eigenvalue weighted by atomic mass is 35.5. The van der Waals surface area contributed by atoms with Gasteiger partial charge >= 0.3 is 6.09 Å². The van der Waals surface area contributed by atoms with Crippen LogP contribution in [0.4, 0.5) is 9.80 Å². The predicted octanol–water partition coefficient (Wildman–Crippen LogP) is 5.58. The number of hydrogen-bond donors (Lipinski definition) is 0. The Morgan fingerprint density at radius 3 is 2.53 bits per heavy atom. The maximum Gasteiger partial charge on any atom is 0.410 e. The molecule has 0 spiro atoms. The van der Waals surface area contributed by atoms with Gasteiger partial charge in [-0.2, -0.15) is 0 Å². The topological polar surface area (TPSA) is 85.6 Å². The minimum absolute atomic E-state index is 0.260. The minimum Gasteiger partial charge on any atom is -0.444 e. The first kappa shape index (κ1) is 26.8. The van der Waals surface area contributed by atoms with Crippen LogP contribution in [0, 0.1) is 0 Å². The monoisotopic (exact) mass is 550 g/mol. The number of aromatic nitrogens is 4. The number of ether oxygens (including phenoxy) is 2. The Morgan fingerprint density at radius 2 is 1.86 bits per heavy atom. The van der Waals surface area contributed by atoms with Crippen LogP contribution in [-0.4, -0.2) is 77.0 Å². The molecule has 0 saturated carbocycles. The van der Waals surface area contributed by atoms with E-state index >= 15 is 0 Å². The Labute approximate surface area is 222 Å². The van der Waals surface area contributed by atoms with E-state index in [0.29, 0.717) is 31.6 Å². The normalized spacial score (nSPS) is 15.1. The predicted molar refractivity (Wildman–Crippen MR) is 148 cm³/mol. The third-order valence-electron chi connectivity index (χ3n) is 5.81. The van der Waals surface area contributed by atoms with Gasteiger partial charge in [0.15, 0.2) is 0 Å². The van der Waals surface area contributed by atoms with Gasteiger partial charge in [-0.3, -0.25) is 4.57 Å². The number of carbonyl (C=O) groups excluding carboxylic acids is 1. The van der Waals surface area contributed by atoms with E-state index in [-0.39, 0.29) is 6.09 Å². The van der Waals surface area contributed by atoms with Crippen LogP contribution in [0.15, 0.2) is 18.6 Å². The maximum atomic E-state index is 12.4. The van der Waals surface area contributed by atoms with Crippen molar-refractivity contribution in [3.63, 3.8) is 0 Å². The molecule has 0 atom stereocenters. The lowest BCUT2D eigenvalue weighted by atomic mass is 10.2. The molecule has 36 heavy (non-hydrogen) atoms. The Balaban J connectivity index is 1.49. The van der Waals surface area contributed by atoms with E-state index in [9.17, 15) is 4.79 Å². The number of rotatable bonds is 7. The summed E-state index contributed by atoms with van der Waals surface area (Å²) in [7, 11) is -1.19. The molecule has 9 nitrogen and oxygen atoms in total. The number of anilines is 1. The summed E-state index contributed by atoms with van der Waals surface area (Å²) in [5.41, 5.74) is 1.15. The number of thiazole rings is 1. The molecule has 3 aromatic rings. The highest BCUT2D eigenvalue weighted by Gasteiger charge is 2.27. The summed E-state index contributed by atoms with van der Waals surface area (Å²) in [4.78, 5) is 29.8. The van der Waals surface area contributed by atoms with Crippen molar-refractivity contribution in [1.82, 2.24) is 24.4 Å². The van der Waals surface area contributed by atoms with Crippen LogP contribution in [0.5, 0.6) is 0 Å². The fourth-order valence-corrected chi connectivity index (χ4v) is 5.78. The molecule has 0 bridgehead atoms. The molecule has 1 fully saturated rings. The Bertz CT molecular complexity index is 1210. The fourth-order valence-electron chi connectivity index (χ4n) is 3.84. The first-order valence-corrected chi connectivity index (χ1v) is 17.1. The highest BCUT2D eigenvalue weighted by molar-refractivity contribution is 7.18. The SMILES string of the molecule is CC(C)(C)OC(=O)N1CCN(c2cnc(-c3cc4c(Cl)ncnc4n3COCC[Si](C)(C)C)s2)CC1. The second kappa shape index (κ2) is 10.6. The maximum absolute atomic E-state index is 12.4. The minimum atomic E-state index is -1.19. The van der Waals surface area contributed by atoms with Gasteiger partial charge in [0.2, 0.25) is 0 Å². The lowest BCUT2D eigenvalue weighted by Crippen LogP contribution is -2.49. The smallest absolute Gasteiger partial charge is 0.410 e. The van der Waals surface area contributed by atoms with Gasteiger partial charge in [0.1, 0.15) is 39.5 Å². The van der Waals surface area contributed by atoms with Crippen molar-refractivity contribution in [1.29, 1.82) is 0 Å². The number of amides is 1. The number of piperazine rings is 1. The summed E-state index contributed by atoms with van der Waals surface area (Å²) in [5, 5.41) is 3.12. The number of hydrogen-bond acceptors (Lipinski definition) is 8. The molecule has 1 aliphatic heterocycles. The fraction of sp³-hybridized carbons (Fsp3) is 0.583. The van der Waals surface area contributed by atoms with E-state index in [1.54, 1.807) is 16.2 Å². The van der Waals surface area contributed by atoms with E-state index < -0.39 is 13.7 Å². The van der Waals surface area contributed by atoms with Crippen LogP contribution in [0.25, 0.3) is 21.7 Å². The van der Waals surface area contributed by atoms with Crippen molar-refractivity contribution >= 4 is 53.1 Å². The molecule has 3 aromatic heterocycles. The largest absolute Gasteiger partial charge is 0.444 e. The van der Waals surface area contributed by atoms with Crippen molar-refractivity contribution in [3.8, 4) is 10.7 Å². The van der Waals surface area contributed by atoms with Crippen molar-refractivity contribution in [2.45, 2.75) is 58.8 Å². The molecular weight excluding hydrogens is 516 g/mol. The average molecular weight is 551 g/mol. The van der Waals surface area contributed by atoms with Gasteiger partial charge < -0.3 is 19.3 Å². The molecule has 0 radical (unpaired) electrons. The Morgan fingerprint density at radius 1 is 1.14 bits per heavy atom. The van der Waals surface area contributed by atoms with Crippen LogP contribution in [0.1, 0.15) is 20.8 Å². The number of halogens is 1. The molecule has 0 aromatic carbocycles. The summed E-state index contributed by atoms with van der Waals surface area (Å²) >= 11 is 8.00. The molecule has 4 rings (SSSR count). The summed E-state index contributed by atoms with van der Waals surface area (Å²) in [6.45, 7) is 16.4. The van der Waals surface area contributed by atoms with Gasteiger partial charge in [-0.15, -0.1) is 0 Å². The van der Waals surface area contributed by atoms with Crippen molar-refractivity contribution in [2.75, 3.05) is 37.7 Å². The zero-order valence-corrected chi connectivity index (χ0v) is 24.4. The number of fused-ring (bicyclic) bond motifs is 1. The number of nitrogens with zero attached hydrogens (tertiary/aromatic N) is 6. The Hall–Kier alpha value is -2.21. The van der Waals surface area contributed by atoms with Crippen LogP contribution in [0.3, 0.4) is 0 Å². The zero-order valence-electron chi connectivity index (χ0n) is 21.9. The highest BCUT2D eigenvalue weighted by Crippen LogP contribution is 2.36. The van der Waals surface area contributed by atoms with Crippen LogP contribution >= 0.6 is 22.9 Å². The molecule has 1 saturated heterocycles. The number of carbonyl (C=O) groups is 1. The molecule has 0 unspecified atom stereocenters. The van der Waals surface area contributed by atoms with Crippen molar-refractivity contribution in [2.24, 2.45) is 0 Å². The van der Waals surface area contributed by atoms with E-state index in [4.69, 9.17) is 26.1 Å². The van der Waals surface area contributed by atoms with E-state index in [0.717, 1.165) is 45.9 Å². The molecule has 196 valence electrons. The summed E-state index contributed by atoms with van der Waals surface area (Å²) in [6.07, 6.45) is 3.11. The lowest BCUT2D eigenvalue weighted by Gasteiger charge is -2.35. The average Bonchev–Trinajstić information content (AvgIpc) is 3.41. The van der Waals surface area contributed by atoms with Gasteiger partial charge in [0.05, 0.1) is 17.3 Å². The summed E-state index contributed by atoms with van der Waals surface area (Å²) in [6, 6.07) is 3.08. The summed E-state index contributed by atoms with van der Waals surface area (Å²) in [5.74, 6) is 0. The summed E-state index contributed by atoms with van der Waals surface area (Å²) < 4.78 is 13.6. The third kappa shape index (κ3) is 6.56. The molecular formula is C24H35ClN6O3SSi. The zero-order chi connectivity index (χ0) is 26.1. The van der Waals surface area contributed by atoms with Gasteiger partial charge in [-0.25, -0.2) is 19.7 Å². The second-order valence-corrected chi connectivity index (χ2v) is 18.2. The van der Waals surface area contributed by atoms with Crippen molar-refractivity contribution < 1.29 is 14.3 Å². The van der Waals surface area contributed by atoms with Gasteiger partial charge in [0, 0.05) is 40.9 Å². The Kier molecular flexibility index (Phi) is 7.94. The standard InChI is InChI=1S/C24H35ClN6O3SSi/c1-24(2,3)34-23(32)30-9-7-29(8-10-30)19-14-26-22(35-19)18-13-17-20(25)27-15-28-21(17)31(18)16-33-11-12-36(4,5)6/h13-15H,7-12,16H2,1-6H3.